The van der Waals surface area contributed by atoms with Crippen LogP contribution in [0.25, 0.3) is 0 Å². The molecule has 0 aliphatic carbocycles. The molecular weight excluding hydrogens is 232 g/mol. The predicted octanol–water partition coefficient (Wildman–Crippen LogP) is 2.33. The van der Waals surface area contributed by atoms with Gasteiger partial charge in [0.25, 0.3) is 0 Å². The summed E-state index contributed by atoms with van der Waals surface area (Å²) in [6.45, 7) is 3.64. The highest BCUT2D eigenvalue weighted by Crippen LogP contribution is 2.26. The van der Waals surface area contributed by atoms with Crippen molar-refractivity contribution >= 4 is 22.4 Å². The summed E-state index contributed by atoms with van der Waals surface area (Å²) in [6.07, 6.45) is 2.53. The van der Waals surface area contributed by atoms with Gasteiger partial charge < -0.3 is 10.6 Å². The van der Waals surface area contributed by atoms with E-state index in [2.05, 4.69) is 45.4 Å². The summed E-state index contributed by atoms with van der Waals surface area (Å²) < 4.78 is 4.06. The molecule has 0 fully saturated rings. The summed E-state index contributed by atoms with van der Waals surface area (Å²) in [7, 11) is 0. The summed E-state index contributed by atoms with van der Waals surface area (Å²) in [5, 5.41) is 0.920. The van der Waals surface area contributed by atoms with Gasteiger partial charge >= 0.3 is 0 Å². The lowest BCUT2D eigenvalue weighted by molar-refractivity contribution is 0.815. The Balaban J connectivity index is 2.27. The molecule has 0 aliphatic rings. The van der Waals surface area contributed by atoms with Crippen LogP contribution in [0.1, 0.15) is 12.0 Å². The Bertz CT molecular complexity index is 455. The minimum absolute atomic E-state index is 0.682. The Labute approximate surface area is 105 Å². The molecule has 0 saturated heterocycles. The molecule has 1 aromatic heterocycles. The zero-order valence-corrected chi connectivity index (χ0v) is 10.7. The van der Waals surface area contributed by atoms with Crippen LogP contribution in [0.15, 0.2) is 30.6 Å². The van der Waals surface area contributed by atoms with E-state index in [0.717, 1.165) is 23.8 Å². The quantitative estimate of drug-likeness (QED) is 0.882. The van der Waals surface area contributed by atoms with E-state index in [1.165, 1.54) is 17.1 Å². The number of hydrogen-bond acceptors (Lipinski definition) is 5. The van der Waals surface area contributed by atoms with Crippen molar-refractivity contribution in [3.05, 3.63) is 36.2 Å². The molecule has 0 bridgehead atoms. The molecule has 0 atom stereocenters. The molecule has 0 spiro atoms. The minimum Gasteiger partial charge on any atom is -0.330 e. The third-order valence-electron chi connectivity index (χ3n) is 2.48. The van der Waals surface area contributed by atoms with Crippen molar-refractivity contribution in [1.82, 2.24) is 9.36 Å². The lowest BCUT2D eigenvalue weighted by atomic mass is 10.2. The van der Waals surface area contributed by atoms with Crippen molar-refractivity contribution in [3.63, 3.8) is 0 Å². The molecule has 0 unspecified atom stereocenters. The monoisotopic (exact) mass is 248 g/mol. The number of anilines is 2. The molecule has 1 heterocycles. The second-order valence-corrected chi connectivity index (χ2v) is 4.62. The lowest BCUT2D eigenvalue weighted by Gasteiger charge is -2.21. The molecule has 2 rings (SSSR count). The highest BCUT2D eigenvalue weighted by molar-refractivity contribution is 7.09. The highest BCUT2D eigenvalue weighted by atomic mass is 32.1. The van der Waals surface area contributed by atoms with Gasteiger partial charge in [-0.05, 0) is 37.6 Å². The summed E-state index contributed by atoms with van der Waals surface area (Å²) in [6, 6.07) is 8.38. The Morgan fingerprint density at radius 1 is 1.41 bits per heavy atom. The molecule has 2 aromatic rings. The van der Waals surface area contributed by atoms with Gasteiger partial charge in [0, 0.05) is 23.8 Å². The number of aryl methyl sites for hydroxylation is 1. The molecule has 5 heteroatoms. The Hall–Kier alpha value is -1.46. The number of hydrogen-bond donors (Lipinski definition) is 1. The van der Waals surface area contributed by atoms with E-state index >= 15 is 0 Å². The topological polar surface area (TPSA) is 55.0 Å². The fourth-order valence-electron chi connectivity index (χ4n) is 1.67. The average Bonchev–Trinajstić information content (AvgIpc) is 2.83. The van der Waals surface area contributed by atoms with Crippen molar-refractivity contribution in [3.8, 4) is 0 Å². The van der Waals surface area contributed by atoms with E-state index < -0.39 is 0 Å². The molecule has 0 radical (unpaired) electrons. The summed E-state index contributed by atoms with van der Waals surface area (Å²) in [4.78, 5) is 6.43. The molecular formula is C12H16N4S. The molecule has 4 nitrogen and oxygen atoms in total. The van der Waals surface area contributed by atoms with Crippen LogP contribution >= 0.6 is 11.5 Å². The predicted molar refractivity (Wildman–Crippen MR) is 71.8 cm³/mol. The maximum absolute atomic E-state index is 5.58. The van der Waals surface area contributed by atoms with Crippen LogP contribution in [0.2, 0.25) is 0 Å². The lowest BCUT2D eigenvalue weighted by Crippen LogP contribution is -2.20. The van der Waals surface area contributed by atoms with Crippen molar-refractivity contribution in [1.29, 1.82) is 0 Å². The SMILES string of the molecule is Cc1cccc(N(CCCN)c2ncns2)c1. The minimum atomic E-state index is 0.682. The van der Waals surface area contributed by atoms with Crippen molar-refractivity contribution < 1.29 is 0 Å². The third-order valence-corrected chi connectivity index (χ3v) is 3.17. The van der Waals surface area contributed by atoms with Gasteiger partial charge in [-0.25, -0.2) is 4.98 Å². The molecule has 0 aliphatic heterocycles. The summed E-state index contributed by atoms with van der Waals surface area (Å²) >= 11 is 1.41. The Morgan fingerprint density at radius 2 is 2.29 bits per heavy atom. The van der Waals surface area contributed by atoms with Gasteiger partial charge in [0.15, 0.2) is 0 Å². The Morgan fingerprint density at radius 3 is 2.94 bits per heavy atom. The van der Waals surface area contributed by atoms with Crippen molar-refractivity contribution in [2.75, 3.05) is 18.0 Å². The van der Waals surface area contributed by atoms with E-state index in [-0.39, 0.29) is 0 Å². The number of nitrogens with zero attached hydrogens (tertiary/aromatic N) is 3. The molecule has 0 amide bonds. The van der Waals surface area contributed by atoms with Gasteiger partial charge in [0.1, 0.15) is 6.33 Å². The molecule has 90 valence electrons. The fourth-order valence-corrected chi connectivity index (χ4v) is 2.24. The summed E-state index contributed by atoms with van der Waals surface area (Å²) in [5.74, 6) is 0. The summed E-state index contributed by atoms with van der Waals surface area (Å²) in [5.41, 5.74) is 7.97. The molecule has 2 N–H and O–H groups in total. The van der Waals surface area contributed by atoms with Crippen LogP contribution in [-0.2, 0) is 0 Å². The van der Waals surface area contributed by atoms with Crippen LogP contribution in [-0.4, -0.2) is 22.4 Å². The second kappa shape index (κ2) is 5.75. The van der Waals surface area contributed by atoms with E-state index in [0.29, 0.717) is 6.54 Å². The highest BCUT2D eigenvalue weighted by Gasteiger charge is 2.11. The van der Waals surface area contributed by atoms with Gasteiger partial charge in [-0.1, -0.05) is 12.1 Å². The first-order valence-electron chi connectivity index (χ1n) is 5.62. The van der Waals surface area contributed by atoms with E-state index in [9.17, 15) is 0 Å². The third kappa shape index (κ3) is 3.01. The van der Waals surface area contributed by atoms with Gasteiger partial charge in [-0.2, -0.15) is 4.37 Å². The molecule has 0 saturated carbocycles. The van der Waals surface area contributed by atoms with Gasteiger partial charge in [-0.15, -0.1) is 0 Å². The van der Waals surface area contributed by atoms with Gasteiger partial charge in [0.05, 0.1) is 0 Å². The largest absolute Gasteiger partial charge is 0.330 e. The van der Waals surface area contributed by atoms with E-state index in [1.807, 2.05) is 0 Å². The first kappa shape index (κ1) is 12.0. The number of rotatable bonds is 5. The van der Waals surface area contributed by atoms with Crippen molar-refractivity contribution in [2.24, 2.45) is 5.73 Å². The van der Waals surface area contributed by atoms with Gasteiger partial charge in [-0.3, -0.25) is 0 Å². The standard InChI is InChI=1S/C12H16N4S/c1-10-4-2-5-11(8-10)16(7-3-6-13)12-14-9-15-17-12/h2,4-5,8-9H,3,6-7,13H2,1H3. The Kier molecular flexibility index (Phi) is 4.06. The number of aromatic nitrogens is 2. The molecule has 1 aromatic carbocycles. The zero-order valence-electron chi connectivity index (χ0n) is 9.84. The van der Waals surface area contributed by atoms with Crippen LogP contribution in [0, 0.1) is 6.92 Å². The van der Waals surface area contributed by atoms with Gasteiger partial charge in [0.2, 0.25) is 5.13 Å². The van der Waals surface area contributed by atoms with Crippen LogP contribution in [0.4, 0.5) is 10.8 Å². The van der Waals surface area contributed by atoms with Crippen LogP contribution < -0.4 is 10.6 Å². The normalized spacial score (nSPS) is 10.5. The number of nitrogens with two attached hydrogens (primary N) is 1. The number of benzene rings is 1. The van der Waals surface area contributed by atoms with E-state index in [4.69, 9.17) is 5.73 Å². The van der Waals surface area contributed by atoms with Crippen LogP contribution in [0.3, 0.4) is 0 Å². The fraction of sp³-hybridized carbons (Fsp3) is 0.333. The van der Waals surface area contributed by atoms with E-state index in [1.54, 1.807) is 6.33 Å². The average molecular weight is 248 g/mol. The first-order valence-corrected chi connectivity index (χ1v) is 6.39. The first-order chi connectivity index (χ1) is 8.31. The zero-order chi connectivity index (χ0) is 12.1. The molecule has 17 heavy (non-hydrogen) atoms. The smallest absolute Gasteiger partial charge is 0.209 e. The maximum atomic E-state index is 5.58. The maximum Gasteiger partial charge on any atom is 0.209 e. The second-order valence-electron chi connectivity index (χ2n) is 3.86. The van der Waals surface area contributed by atoms with Crippen molar-refractivity contribution in [2.45, 2.75) is 13.3 Å². The van der Waals surface area contributed by atoms with Crippen LogP contribution in [0.5, 0.6) is 0 Å².